The van der Waals surface area contributed by atoms with Gasteiger partial charge < -0.3 is 5.11 Å². The Hall–Kier alpha value is -1.79. The fraction of sp³-hybridized carbons (Fsp3) is 0.357. The highest BCUT2D eigenvalue weighted by molar-refractivity contribution is 5.87. The third-order valence-corrected chi connectivity index (χ3v) is 3.04. The molecule has 0 saturated heterocycles. The van der Waals surface area contributed by atoms with Gasteiger partial charge in [0.25, 0.3) is 0 Å². The minimum atomic E-state index is -0.862. The first-order chi connectivity index (χ1) is 8.20. The number of fused-ring (bicyclic) bond motifs is 1. The van der Waals surface area contributed by atoms with Crippen LogP contribution >= 0.6 is 0 Å². The van der Waals surface area contributed by atoms with E-state index in [0.29, 0.717) is 5.56 Å². The molecule has 0 aromatic heterocycles. The molecule has 3 nitrogen and oxygen atoms in total. The monoisotopic (exact) mass is 229 g/mol. The van der Waals surface area contributed by atoms with Crippen molar-refractivity contribution in [3.05, 3.63) is 34.9 Å². The second-order valence-corrected chi connectivity index (χ2v) is 4.31. The van der Waals surface area contributed by atoms with E-state index in [1.807, 2.05) is 6.07 Å². The largest absolute Gasteiger partial charge is 0.478 e. The molecule has 0 saturated carbocycles. The predicted octanol–water partition coefficient (Wildman–Crippen LogP) is 2.11. The number of carboxylic acid groups (broad SMARTS) is 1. The van der Waals surface area contributed by atoms with Gasteiger partial charge in [0.05, 0.1) is 5.56 Å². The van der Waals surface area contributed by atoms with Crippen molar-refractivity contribution in [1.82, 2.24) is 4.90 Å². The Morgan fingerprint density at radius 2 is 2.18 bits per heavy atom. The van der Waals surface area contributed by atoms with E-state index < -0.39 is 5.97 Å². The summed E-state index contributed by atoms with van der Waals surface area (Å²) in [4.78, 5) is 13.2. The maximum atomic E-state index is 10.9. The number of nitrogens with zero attached hydrogens (tertiary/aromatic N) is 1. The molecule has 0 amide bonds. The number of hydrogen-bond acceptors (Lipinski definition) is 2. The number of carbonyl (C=O) groups is 1. The summed E-state index contributed by atoms with van der Waals surface area (Å²) >= 11 is 0. The molecule has 1 N–H and O–H groups in total. The van der Waals surface area contributed by atoms with Gasteiger partial charge >= 0.3 is 5.97 Å². The minimum absolute atomic E-state index is 0.370. The summed E-state index contributed by atoms with van der Waals surface area (Å²) in [7, 11) is 0. The van der Waals surface area contributed by atoms with Crippen molar-refractivity contribution in [2.45, 2.75) is 25.9 Å². The average molecular weight is 229 g/mol. The van der Waals surface area contributed by atoms with Crippen LogP contribution in [0.1, 0.15) is 34.3 Å². The molecule has 1 aliphatic heterocycles. The number of terminal acetylenes is 1. The fourth-order valence-electron chi connectivity index (χ4n) is 2.16. The second kappa shape index (κ2) is 5.03. The van der Waals surface area contributed by atoms with Gasteiger partial charge in [-0.25, -0.2) is 4.79 Å². The van der Waals surface area contributed by atoms with Crippen LogP contribution in [0.2, 0.25) is 0 Å². The molecule has 2 rings (SSSR count). The van der Waals surface area contributed by atoms with Gasteiger partial charge in [0.1, 0.15) is 0 Å². The molecule has 17 heavy (non-hydrogen) atoms. The molecule has 0 fully saturated rings. The van der Waals surface area contributed by atoms with Gasteiger partial charge in [0.2, 0.25) is 0 Å². The maximum Gasteiger partial charge on any atom is 0.335 e. The van der Waals surface area contributed by atoms with E-state index in [0.717, 1.165) is 38.0 Å². The van der Waals surface area contributed by atoms with Crippen LogP contribution in [-0.4, -0.2) is 22.5 Å². The Labute approximate surface area is 101 Å². The Morgan fingerprint density at radius 3 is 2.88 bits per heavy atom. The van der Waals surface area contributed by atoms with E-state index in [2.05, 4.69) is 10.8 Å². The van der Waals surface area contributed by atoms with Crippen LogP contribution in [0.4, 0.5) is 0 Å². The van der Waals surface area contributed by atoms with Crippen molar-refractivity contribution in [1.29, 1.82) is 0 Å². The fourth-order valence-corrected chi connectivity index (χ4v) is 2.16. The molecule has 0 radical (unpaired) electrons. The molecule has 1 aromatic carbocycles. The highest BCUT2D eigenvalue weighted by Crippen LogP contribution is 2.24. The summed E-state index contributed by atoms with van der Waals surface area (Å²) < 4.78 is 0. The Balaban J connectivity index is 2.02. The summed E-state index contributed by atoms with van der Waals surface area (Å²) in [5.74, 6) is 1.77. The number of aromatic carboxylic acids is 1. The van der Waals surface area contributed by atoms with Crippen LogP contribution in [0.25, 0.3) is 0 Å². The van der Waals surface area contributed by atoms with Gasteiger partial charge in [0, 0.05) is 19.5 Å². The lowest BCUT2D eigenvalue weighted by Crippen LogP contribution is -2.17. The molecular formula is C14H15NO2. The zero-order chi connectivity index (χ0) is 12.3. The molecule has 3 heteroatoms. The van der Waals surface area contributed by atoms with Crippen molar-refractivity contribution in [3.8, 4) is 12.3 Å². The summed E-state index contributed by atoms with van der Waals surface area (Å²) in [6.07, 6.45) is 7.01. The van der Waals surface area contributed by atoms with Crippen LogP contribution in [0.15, 0.2) is 18.2 Å². The first-order valence-corrected chi connectivity index (χ1v) is 5.71. The van der Waals surface area contributed by atoms with Crippen LogP contribution in [-0.2, 0) is 13.1 Å². The highest BCUT2D eigenvalue weighted by atomic mass is 16.4. The molecule has 1 heterocycles. The van der Waals surface area contributed by atoms with Gasteiger partial charge in [0.15, 0.2) is 0 Å². The molecule has 0 unspecified atom stereocenters. The lowest BCUT2D eigenvalue weighted by Gasteiger charge is -2.12. The zero-order valence-electron chi connectivity index (χ0n) is 9.65. The highest BCUT2D eigenvalue weighted by Gasteiger charge is 2.19. The SMILES string of the molecule is C#CCCCN1Cc2ccc(C(=O)O)cc2C1. The number of rotatable bonds is 4. The molecule has 0 bridgehead atoms. The Kier molecular flexibility index (Phi) is 3.46. The predicted molar refractivity (Wildman–Crippen MR) is 65.6 cm³/mol. The lowest BCUT2D eigenvalue weighted by atomic mass is 10.1. The minimum Gasteiger partial charge on any atom is -0.478 e. The van der Waals surface area contributed by atoms with Crippen LogP contribution in [0.3, 0.4) is 0 Å². The average Bonchev–Trinajstić information content (AvgIpc) is 2.70. The Bertz CT molecular complexity index is 474. The van der Waals surface area contributed by atoms with Crippen molar-refractivity contribution in [2.24, 2.45) is 0 Å². The molecule has 0 spiro atoms. The quantitative estimate of drug-likeness (QED) is 0.635. The maximum absolute atomic E-state index is 10.9. The molecular weight excluding hydrogens is 214 g/mol. The van der Waals surface area contributed by atoms with Gasteiger partial charge in [-0.05, 0) is 36.2 Å². The number of unbranched alkanes of at least 4 members (excludes halogenated alkanes) is 1. The van der Waals surface area contributed by atoms with Gasteiger partial charge in [-0.2, -0.15) is 0 Å². The molecule has 1 aliphatic rings. The van der Waals surface area contributed by atoms with Gasteiger partial charge in [-0.3, -0.25) is 4.90 Å². The molecule has 0 atom stereocenters. The summed E-state index contributed by atoms with van der Waals surface area (Å²) in [6.45, 7) is 2.71. The summed E-state index contributed by atoms with van der Waals surface area (Å²) in [6, 6.07) is 5.37. The number of hydrogen-bond donors (Lipinski definition) is 1. The van der Waals surface area contributed by atoms with Crippen molar-refractivity contribution < 1.29 is 9.90 Å². The van der Waals surface area contributed by atoms with E-state index in [1.54, 1.807) is 12.1 Å². The van der Waals surface area contributed by atoms with Gasteiger partial charge in [-0.15, -0.1) is 12.3 Å². The van der Waals surface area contributed by atoms with E-state index in [4.69, 9.17) is 11.5 Å². The van der Waals surface area contributed by atoms with Crippen molar-refractivity contribution in [3.63, 3.8) is 0 Å². The van der Waals surface area contributed by atoms with E-state index >= 15 is 0 Å². The van der Waals surface area contributed by atoms with Crippen LogP contribution in [0, 0.1) is 12.3 Å². The topological polar surface area (TPSA) is 40.5 Å². The van der Waals surface area contributed by atoms with Crippen LogP contribution in [0.5, 0.6) is 0 Å². The summed E-state index contributed by atoms with van der Waals surface area (Å²) in [5, 5.41) is 8.92. The van der Waals surface area contributed by atoms with Gasteiger partial charge in [-0.1, -0.05) is 6.07 Å². The first kappa shape index (κ1) is 11.7. The van der Waals surface area contributed by atoms with Crippen molar-refractivity contribution in [2.75, 3.05) is 6.54 Å². The van der Waals surface area contributed by atoms with E-state index in [-0.39, 0.29) is 0 Å². The van der Waals surface area contributed by atoms with Crippen molar-refractivity contribution >= 4 is 5.97 Å². The second-order valence-electron chi connectivity index (χ2n) is 4.31. The smallest absolute Gasteiger partial charge is 0.335 e. The molecule has 0 aliphatic carbocycles. The molecule has 88 valence electrons. The van der Waals surface area contributed by atoms with Crippen LogP contribution < -0.4 is 0 Å². The first-order valence-electron chi connectivity index (χ1n) is 5.71. The standard InChI is InChI=1S/C14H15NO2/c1-2-3-4-7-15-9-12-6-5-11(14(16)17)8-13(12)10-15/h1,5-6,8H,3-4,7,9-10H2,(H,16,17). The normalized spacial score (nSPS) is 14.3. The van der Waals surface area contributed by atoms with E-state index in [9.17, 15) is 4.79 Å². The molecule has 1 aromatic rings. The zero-order valence-corrected chi connectivity index (χ0v) is 9.65. The van der Waals surface area contributed by atoms with E-state index in [1.165, 1.54) is 5.56 Å². The lowest BCUT2D eigenvalue weighted by molar-refractivity contribution is 0.0696. The Morgan fingerprint density at radius 1 is 1.41 bits per heavy atom. The third kappa shape index (κ3) is 2.66. The summed E-state index contributed by atoms with van der Waals surface area (Å²) in [5.41, 5.74) is 2.73. The number of carboxylic acids is 1. The number of benzene rings is 1. The third-order valence-electron chi connectivity index (χ3n) is 3.04.